The minimum absolute atomic E-state index is 0.739. The largest absolute Gasteiger partial charge is 0.385 e. The van der Waals surface area contributed by atoms with Gasteiger partial charge in [-0.2, -0.15) is 0 Å². The fourth-order valence-electron chi connectivity index (χ4n) is 4.72. The molecule has 1 aliphatic carbocycles. The molecule has 1 fully saturated rings. The summed E-state index contributed by atoms with van der Waals surface area (Å²) in [4.78, 5) is 0. The van der Waals surface area contributed by atoms with Gasteiger partial charge in [-0.05, 0) is 72.4 Å². The molecule has 0 aromatic heterocycles. The quantitative estimate of drug-likeness (QED) is 0.300. The molecule has 0 spiro atoms. The Kier molecular flexibility index (Phi) is 8.42. The van der Waals surface area contributed by atoms with Crippen molar-refractivity contribution in [2.24, 2.45) is 5.92 Å². The average Bonchev–Trinajstić information content (AvgIpc) is 2.64. The van der Waals surface area contributed by atoms with E-state index in [4.69, 9.17) is 0 Å². The van der Waals surface area contributed by atoms with Crippen LogP contribution >= 0.6 is 22.6 Å². The van der Waals surface area contributed by atoms with Crippen molar-refractivity contribution >= 4 is 30.7 Å². The first-order chi connectivity index (χ1) is 12.4. The Morgan fingerprint density at radius 2 is 1.62 bits per heavy atom. The van der Waals surface area contributed by atoms with Crippen LogP contribution in [0.15, 0.2) is 35.5 Å². The summed E-state index contributed by atoms with van der Waals surface area (Å²) in [6.07, 6.45) is 10.3. The third kappa shape index (κ3) is 5.45. The van der Waals surface area contributed by atoms with Crippen molar-refractivity contribution in [1.29, 1.82) is 0 Å². The minimum Gasteiger partial charge on any atom is -0.385 e. The van der Waals surface area contributed by atoms with Gasteiger partial charge in [-0.1, -0.05) is 81.6 Å². The zero-order chi connectivity index (χ0) is 19.2. The molecule has 1 aliphatic rings. The van der Waals surface area contributed by atoms with E-state index < -0.39 is 13.7 Å². The maximum Gasteiger partial charge on any atom is 0.0901 e. The lowest BCUT2D eigenvalue weighted by Gasteiger charge is -2.37. The van der Waals surface area contributed by atoms with E-state index in [1.54, 1.807) is 5.20 Å². The summed E-state index contributed by atoms with van der Waals surface area (Å²) in [6.45, 7) is 9.17. The second-order valence-electron chi connectivity index (χ2n) is 8.39. The normalized spacial score (nSPS) is 19.4. The van der Waals surface area contributed by atoms with Crippen LogP contribution in [-0.4, -0.2) is 13.2 Å². The molecule has 1 nitrogen and oxygen atoms in total. The van der Waals surface area contributed by atoms with Crippen LogP contribution in [0.2, 0.25) is 18.1 Å². The summed E-state index contributed by atoms with van der Waals surface area (Å²) >= 11 is 2.33. The predicted molar refractivity (Wildman–Crippen MR) is 125 cm³/mol. The molecule has 3 heteroatoms. The smallest absolute Gasteiger partial charge is 0.0901 e. The average molecular weight is 485 g/mol. The number of hydrogen-bond acceptors (Lipinski definition) is 1. The summed E-state index contributed by atoms with van der Waals surface area (Å²) in [6, 6.07) is 12.3. The molecule has 1 N–H and O–H groups in total. The highest BCUT2D eigenvalue weighted by Crippen LogP contribution is 2.39. The molecule has 2 rings (SSSR count). The Labute approximate surface area is 175 Å². The van der Waals surface area contributed by atoms with Crippen LogP contribution in [0.1, 0.15) is 71.8 Å². The fourth-order valence-corrected chi connectivity index (χ4v) is 9.25. The zero-order valence-electron chi connectivity index (χ0n) is 17.2. The third-order valence-corrected chi connectivity index (χ3v) is 13.3. The molecule has 26 heavy (non-hydrogen) atoms. The number of halogens is 1. The molecule has 1 saturated carbocycles. The van der Waals surface area contributed by atoms with Crippen molar-refractivity contribution in [3.05, 3.63) is 44.7 Å². The first kappa shape index (κ1) is 22.2. The van der Waals surface area contributed by atoms with Crippen molar-refractivity contribution in [2.75, 3.05) is 0 Å². The van der Waals surface area contributed by atoms with Crippen molar-refractivity contribution in [3.8, 4) is 0 Å². The highest BCUT2D eigenvalue weighted by molar-refractivity contribution is 14.1. The van der Waals surface area contributed by atoms with Crippen LogP contribution < -0.4 is 0 Å². The third-order valence-electron chi connectivity index (χ3n) is 6.80. The standard InChI is InChI=1S/C23H37IOSi/c1-5-26(6-2,7-3)22(17-19-11-9-8-10-12-19)18-23(4,25)20-13-15-21(24)16-14-20/h13-17,19,25H,5-12,18H2,1-4H3/b22-17+. The van der Waals surface area contributed by atoms with Crippen LogP contribution in [0, 0.1) is 9.49 Å². The zero-order valence-corrected chi connectivity index (χ0v) is 20.3. The summed E-state index contributed by atoms with van der Waals surface area (Å²) in [5, 5.41) is 13.0. The molecule has 0 heterocycles. The first-order valence-electron chi connectivity index (χ1n) is 10.6. The molecule has 1 unspecified atom stereocenters. The van der Waals surface area contributed by atoms with Crippen molar-refractivity contribution in [2.45, 2.75) is 90.0 Å². The molecule has 1 aromatic rings. The van der Waals surface area contributed by atoms with Gasteiger partial charge in [0.1, 0.15) is 0 Å². The van der Waals surface area contributed by atoms with Crippen molar-refractivity contribution in [3.63, 3.8) is 0 Å². The van der Waals surface area contributed by atoms with E-state index in [-0.39, 0.29) is 0 Å². The number of aliphatic hydroxyl groups is 1. The Balaban J connectivity index is 2.36. The van der Waals surface area contributed by atoms with Gasteiger partial charge >= 0.3 is 0 Å². The Morgan fingerprint density at radius 3 is 2.12 bits per heavy atom. The highest BCUT2D eigenvalue weighted by Gasteiger charge is 2.36. The van der Waals surface area contributed by atoms with Crippen LogP contribution in [0.3, 0.4) is 0 Å². The van der Waals surface area contributed by atoms with E-state index in [0.717, 1.165) is 17.9 Å². The monoisotopic (exact) mass is 484 g/mol. The molecular formula is C23H37IOSi. The van der Waals surface area contributed by atoms with Gasteiger partial charge < -0.3 is 5.11 Å². The summed E-state index contributed by atoms with van der Waals surface area (Å²) in [7, 11) is -1.48. The van der Waals surface area contributed by atoms with E-state index in [1.807, 2.05) is 6.92 Å². The second kappa shape index (κ2) is 9.88. The number of rotatable bonds is 8. The van der Waals surface area contributed by atoms with Gasteiger partial charge in [0.05, 0.1) is 13.7 Å². The SMILES string of the molecule is CC[Si](CC)(CC)/C(=C/C1CCCCC1)CC(C)(O)c1ccc(I)cc1. The van der Waals surface area contributed by atoms with Gasteiger partial charge in [0.2, 0.25) is 0 Å². The lowest BCUT2D eigenvalue weighted by Crippen LogP contribution is -2.38. The van der Waals surface area contributed by atoms with Crippen molar-refractivity contribution < 1.29 is 5.11 Å². The molecule has 1 aromatic carbocycles. The molecule has 0 bridgehead atoms. The van der Waals surface area contributed by atoms with Gasteiger partial charge in [0.15, 0.2) is 0 Å². The fraction of sp³-hybridized carbons (Fsp3) is 0.652. The van der Waals surface area contributed by atoms with E-state index in [0.29, 0.717) is 0 Å². The maximum atomic E-state index is 11.4. The van der Waals surface area contributed by atoms with Crippen LogP contribution in [-0.2, 0) is 5.60 Å². The Hall–Kier alpha value is -0.133. The van der Waals surface area contributed by atoms with E-state index in [2.05, 4.69) is 73.7 Å². The van der Waals surface area contributed by atoms with Crippen molar-refractivity contribution in [1.82, 2.24) is 0 Å². The molecule has 0 aliphatic heterocycles. The second-order valence-corrected chi connectivity index (χ2v) is 15.0. The number of hydrogen-bond donors (Lipinski definition) is 1. The number of allylic oxidation sites excluding steroid dienone is 1. The maximum absolute atomic E-state index is 11.4. The summed E-state index contributed by atoms with van der Waals surface area (Å²) in [5.74, 6) is 0.739. The van der Waals surface area contributed by atoms with Gasteiger partial charge in [0, 0.05) is 3.57 Å². The molecule has 0 saturated heterocycles. The topological polar surface area (TPSA) is 20.2 Å². The van der Waals surface area contributed by atoms with E-state index in [9.17, 15) is 5.11 Å². The van der Waals surface area contributed by atoms with E-state index in [1.165, 1.54) is 53.8 Å². The molecule has 0 radical (unpaired) electrons. The highest BCUT2D eigenvalue weighted by atomic mass is 127. The molecule has 1 atom stereocenters. The van der Waals surface area contributed by atoms with Gasteiger partial charge in [-0.15, -0.1) is 0 Å². The lowest BCUT2D eigenvalue weighted by atomic mass is 9.87. The number of benzene rings is 1. The molecule has 0 amide bonds. The summed E-state index contributed by atoms with van der Waals surface area (Å²) < 4.78 is 1.22. The molecular weight excluding hydrogens is 447 g/mol. The minimum atomic E-state index is -1.48. The summed E-state index contributed by atoms with van der Waals surface area (Å²) in [5.41, 5.74) is 0.279. The predicted octanol–water partition coefficient (Wildman–Crippen LogP) is 7.44. The van der Waals surface area contributed by atoms with Crippen LogP contribution in [0.5, 0.6) is 0 Å². The Morgan fingerprint density at radius 1 is 1.08 bits per heavy atom. The lowest BCUT2D eigenvalue weighted by molar-refractivity contribution is 0.0588. The van der Waals surface area contributed by atoms with E-state index >= 15 is 0 Å². The Bertz CT molecular complexity index is 572. The van der Waals surface area contributed by atoms with Gasteiger partial charge in [-0.25, -0.2) is 0 Å². The molecule has 146 valence electrons. The van der Waals surface area contributed by atoms with Gasteiger partial charge in [0.25, 0.3) is 0 Å². The van der Waals surface area contributed by atoms with Gasteiger partial charge in [-0.3, -0.25) is 0 Å². The first-order valence-corrected chi connectivity index (χ1v) is 14.3. The van der Waals surface area contributed by atoms with Crippen LogP contribution in [0.25, 0.3) is 0 Å². The van der Waals surface area contributed by atoms with Crippen LogP contribution in [0.4, 0.5) is 0 Å².